The third-order valence-electron chi connectivity index (χ3n) is 2.61. The molecule has 0 radical (unpaired) electrons. The number of rotatable bonds is 6. The van der Waals surface area contributed by atoms with Gasteiger partial charge in [-0.25, -0.2) is 8.78 Å². The normalized spacial score (nSPS) is 13.6. The summed E-state index contributed by atoms with van der Waals surface area (Å²) in [5.74, 6) is -1.08. The highest BCUT2D eigenvalue weighted by Gasteiger charge is 2.16. The first-order chi connectivity index (χ1) is 8.80. The van der Waals surface area contributed by atoms with Gasteiger partial charge in [0, 0.05) is 12.1 Å². The summed E-state index contributed by atoms with van der Waals surface area (Å²) in [4.78, 5) is 0. The van der Waals surface area contributed by atoms with Crippen molar-refractivity contribution in [2.24, 2.45) is 0 Å². The molecular formula is C15H23F2NO. The van der Waals surface area contributed by atoms with Gasteiger partial charge in [0.1, 0.15) is 11.6 Å². The summed E-state index contributed by atoms with van der Waals surface area (Å²) in [6.07, 6.45) is 0.540. The van der Waals surface area contributed by atoms with E-state index in [0.29, 0.717) is 18.6 Å². The number of benzene rings is 1. The summed E-state index contributed by atoms with van der Waals surface area (Å²) in [5, 5.41) is 3.27. The van der Waals surface area contributed by atoms with Crippen LogP contribution in [0.5, 0.6) is 0 Å². The second kappa shape index (κ2) is 6.96. The lowest BCUT2D eigenvalue weighted by atomic mass is 10.1. The van der Waals surface area contributed by atoms with Crippen LogP contribution in [0.3, 0.4) is 0 Å². The smallest absolute Gasteiger partial charge is 0.126 e. The lowest BCUT2D eigenvalue weighted by Crippen LogP contribution is -2.38. The van der Waals surface area contributed by atoms with Crippen molar-refractivity contribution in [3.05, 3.63) is 35.4 Å². The molecule has 108 valence electrons. The molecule has 1 aromatic rings. The molecule has 0 fully saturated rings. The number of halogens is 2. The molecule has 1 rings (SSSR count). The molecule has 0 spiro atoms. The number of ether oxygens (including phenoxy) is 1. The van der Waals surface area contributed by atoms with Crippen LogP contribution in [0.25, 0.3) is 0 Å². The molecular weight excluding hydrogens is 248 g/mol. The topological polar surface area (TPSA) is 21.3 Å². The van der Waals surface area contributed by atoms with Gasteiger partial charge < -0.3 is 10.1 Å². The maximum absolute atomic E-state index is 13.1. The van der Waals surface area contributed by atoms with Gasteiger partial charge in [-0.05, 0) is 51.4 Å². The van der Waals surface area contributed by atoms with E-state index in [2.05, 4.69) is 5.32 Å². The number of hydrogen-bond acceptors (Lipinski definition) is 2. The molecule has 1 aromatic carbocycles. The Morgan fingerprint density at radius 1 is 1.16 bits per heavy atom. The van der Waals surface area contributed by atoms with E-state index >= 15 is 0 Å². The minimum absolute atomic E-state index is 0.0467. The Bertz CT molecular complexity index is 381. The second-order valence-corrected chi connectivity index (χ2v) is 5.66. The van der Waals surface area contributed by atoms with E-state index in [1.54, 1.807) is 0 Å². The highest BCUT2D eigenvalue weighted by Crippen LogP contribution is 2.12. The molecule has 0 amide bonds. The molecule has 0 aliphatic carbocycles. The van der Waals surface area contributed by atoms with E-state index in [1.807, 2.05) is 27.7 Å². The van der Waals surface area contributed by atoms with Crippen LogP contribution in [-0.2, 0) is 11.2 Å². The first-order valence-electron chi connectivity index (χ1n) is 6.62. The van der Waals surface area contributed by atoms with Crippen molar-refractivity contribution < 1.29 is 13.5 Å². The second-order valence-electron chi connectivity index (χ2n) is 5.66. The van der Waals surface area contributed by atoms with Gasteiger partial charge in [0.25, 0.3) is 0 Å². The van der Waals surface area contributed by atoms with E-state index in [-0.39, 0.29) is 11.6 Å². The zero-order valence-corrected chi connectivity index (χ0v) is 12.1. The number of nitrogens with one attached hydrogen (secondary N) is 1. The van der Waals surface area contributed by atoms with Crippen molar-refractivity contribution >= 4 is 0 Å². The SMILES string of the molecule is CCNC(COC(C)(C)C)Cc1cc(F)cc(F)c1. The first kappa shape index (κ1) is 16.1. The molecule has 0 aromatic heterocycles. The van der Waals surface area contributed by atoms with Crippen molar-refractivity contribution in [1.82, 2.24) is 5.32 Å². The van der Waals surface area contributed by atoms with Crippen LogP contribution in [0.2, 0.25) is 0 Å². The first-order valence-corrected chi connectivity index (χ1v) is 6.62. The molecule has 0 aliphatic heterocycles. The summed E-state index contributed by atoms with van der Waals surface area (Å²) in [6.45, 7) is 9.25. The lowest BCUT2D eigenvalue weighted by molar-refractivity contribution is -0.0141. The van der Waals surface area contributed by atoms with Crippen molar-refractivity contribution in [2.75, 3.05) is 13.2 Å². The zero-order valence-electron chi connectivity index (χ0n) is 12.1. The van der Waals surface area contributed by atoms with Crippen LogP contribution >= 0.6 is 0 Å². The summed E-state index contributed by atoms with van der Waals surface area (Å²) in [6, 6.07) is 3.66. The van der Waals surface area contributed by atoms with Crippen molar-refractivity contribution in [3.63, 3.8) is 0 Å². The predicted octanol–water partition coefficient (Wildman–Crippen LogP) is 3.30. The molecule has 0 bridgehead atoms. The Morgan fingerprint density at radius 3 is 2.21 bits per heavy atom. The van der Waals surface area contributed by atoms with E-state index in [1.165, 1.54) is 12.1 Å². The summed E-state index contributed by atoms with van der Waals surface area (Å²) in [5.41, 5.74) is 0.418. The Morgan fingerprint density at radius 2 is 1.74 bits per heavy atom. The van der Waals surface area contributed by atoms with E-state index < -0.39 is 11.6 Å². The molecule has 19 heavy (non-hydrogen) atoms. The highest BCUT2D eigenvalue weighted by molar-refractivity contribution is 5.19. The highest BCUT2D eigenvalue weighted by atomic mass is 19.1. The van der Waals surface area contributed by atoms with Crippen LogP contribution < -0.4 is 5.32 Å². The van der Waals surface area contributed by atoms with E-state index in [4.69, 9.17) is 4.74 Å². The van der Waals surface area contributed by atoms with Gasteiger partial charge in [-0.2, -0.15) is 0 Å². The average molecular weight is 271 g/mol. The molecule has 4 heteroatoms. The quantitative estimate of drug-likeness (QED) is 0.857. The largest absolute Gasteiger partial charge is 0.374 e. The number of likely N-dealkylation sites (N-methyl/N-ethyl adjacent to an activating group) is 1. The molecule has 0 heterocycles. The van der Waals surface area contributed by atoms with Crippen molar-refractivity contribution in [1.29, 1.82) is 0 Å². The third kappa shape index (κ3) is 6.64. The van der Waals surface area contributed by atoms with Crippen molar-refractivity contribution in [3.8, 4) is 0 Å². The third-order valence-corrected chi connectivity index (χ3v) is 2.61. The standard InChI is InChI=1S/C15H23F2NO/c1-5-18-14(10-19-15(2,3)4)8-11-6-12(16)9-13(17)7-11/h6-7,9,14,18H,5,8,10H2,1-4H3. The molecule has 0 saturated carbocycles. The summed E-state index contributed by atoms with van der Waals surface area (Å²) < 4.78 is 32.0. The molecule has 0 saturated heterocycles. The van der Waals surface area contributed by atoms with Gasteiger partial charge in [-0.15, -0.1) is 0 Å². The maximum Gasteiger partial charge on any atom is 0.126 e. The molecule has 2 nitrogen and oxygen atoms in total. The van der Waals surface area contributed by atoms with Crippen LogP contribution in [0.15, 0.2) is 18.2 Å². The maximum atomic E-state index is 13.1. The van der Waals surface area contributed by atoms with Crippen LogP contribution in [0.1, 0.15) is 33.3 Å². The Kier molecular flexibility index (Phi) is 5.88. The van der Waals surface area contributed by atoms with E-state index in [9.17, 15) is 8.78 Å². The van der Waals surface area contributed by atoms with Crippen LogP contribution in [-0.4, -0.2) is 24.8 Å². The summed E-state index contributed by atoms with van der Waals surface area (Å²) in [7, 11) is 0. The van der Waals surface area contributed by atoms with Crippen molar-refractivity contribution in [2.45, 2.75) is 45.8 Å². The minimum atomic E-state index is -0.540. The van der Waals surface area contributed by atoms with E-state index in [0.717, 1.165) is 12.6 Å². The fourth-order valence-electron chi connectivity index (χ4n) is 1.84. The van der Waals surface area contributed by atoms with Gasteiger partial charge in [0.15, 0.2) is 0 Å². The predicted molar refractivity (Wildman–Crippen MR) is 73.2 cm³/mol. The van der Waals surface area contributed by atoms with Gasteiger partial charge >= 0.3 is 0 Å². The summed E-state index contributed by atoms with van der Waals surface area (Å²) >= 11 is 0. The fourth-order valence-corrected chi connectivity index (χ4v) is 1.84. The Balaban J connectivity index is 2.66. The lowest BCUT2D eigenvalue weighted by Gasteiger charge is -2.25. The average Bonchev–Trinajstić information content (AvgIpc) is 2.23. The molecule has 1 atom stereocenters. The molecule has 1 unspecified atom stereocenters. The molecule has 0 aliphatic rings. The van der Waals surface area contributed by atoms with Gasteiger partial charge in [-0.3, -0.25) is 0 Å². The fraction of sp³-hybridized carbons (Fsp3) is 0.600. The monoisotopic (exact) mass is 271 g/mol. The van der Waals surface area contributed by atoms with Crippen LogP contribution in [0, 0.1) is 11.6 Å². The van der Waals surface area contributed by atoms with Gasteiger partial charge in [0.05, 0.1) is 12.2 Å². The Labute approximate surface area is 114 Å². The van der Waals surface area contributed by atoms with Gasteiger partial charge in [0.2, 0.25) is 0 Å². The van der Waals surface area contributed by atoms with Crippen LogP contribution in [0.4, 0.5) is 8.78 Å². The minimum Gasteiger partial charge on any atom is -0.374 e. The number of hydrogen-bond donors (Lipinski definition) is 1. The zero-order chi connectivity index (χ0) is 14.5. The Hall–Kier alpha value is -1.00. The molecule has 1 N–H and O–H groups in total. The van der Waals surface area contributed by atoms with Gasteiger partial charge in [-0.1, -0.05) is 6.92 Å².